The predicted molar refractivity (Wildman–Crippen MR) is 78.1 cm³/mol. The summed E-state index contributed by atoms with van der Waals surface area (Å²) < 4.78 is 5.32. The molecule has 0 saturated carbocycles. The van der Waals surface area contributed by atoms with Gasteiger partial charge in [-0.2, -0.15) is 0 Å². The standard InChI is InChI=1S/C16H27NO/c1-5-18-12-6-11-17-14(4)16-9-7-15(8-10-16)13(2)3/h7-10,13-14,17H,5-6,11-12H2,1-4H3. The van der Waals surface area contributed by atoms with Gasteiger partial charge in [-0.25, -0.2) is 0 Å². The summed E-state index contributed by atoms with van der Waals surface area (Å²) >= 11 is 0. The quantitative estimate of drug-likeness (QED) is 0.706. The number of benzene rings is 1. The normalized spacial score (nSPS) is 12.9. The molecule has 0 saturated heterocycles. The van der Waals surface area contributed by atoms with E-state index in [-0.39, 0.29) is 0 Å². The van der Waals surface area contributed by atoms with E-state index in [0.717, 1.165) is 26.2 Å². The first kappa shape index (κ1) is 15.2. The van der Waals surface area contributed by atoms with E-state index in [0.29, 0.717) is 12.0 Å². The maximum Gasteiger partial charge on any atom is 0.0477 e. The van der Waals surface area contributed by atoms with Gasteiger partial charge < -0.3 is 10.1 Å². The fourth-order valence-electron chi connectivity index (χ4n) is 1.92. The first-order valence-electron chi connectivity index (χ1n) is 7.06. The van der Waals surface area contributed by atoms with Gasteiger partial charge in [0, 0.05) is 19.3 Å². The fourth-order valence-corrected chi connectivity index (χ4v) is 1.92. The minimum atomic E-state index is 0.410. The third-order valence-electron chi connectivity index (χ3n) is 3.22. The molecule has 0 aliphatic heterocycles. The van der Waals surface area contributed by atoms with Crippen molar-refractivity contribution in [3.05, 3.63) is 35.4 Å². The van der Waals surface area contributed by atoms with Crippen molar-refractivity contribution in [1.82, 2.24) is 5.32 Å². The van der Waals surface area contributed by atoms with Crippen LogP contribution in [0.15, 0.2) is 24.3 Å². The van der Waals surface area contributed by atoms with Crippen molar-refractivity contribution in [3.63, 3.8) is 0 Å². The number of hydrogen-bond acceptors (Lipinski definition) is 2. The zero-order valence-electron chi connectivity index (χ0n) is 12.2. The molecule has 0 spiro atoms. The molecule has 1 N–H and O–H groups in total. The second kappa shape index (κ2) is 8.28. The summed E-state index contributed by atoms with van der Waals surface area (Å²) in [5, 5.41) is 3.53. The molecule has 2 nitrogen and oxygen atoms in total. The molecule has 1 atom stereocenters. The molecule has 1 aromatic rings. The Kier molecular flexibility index (Phi) is 6.99. The van der Waals surface area contributed by atoms with Gasteiger partial charge in [-0.15, -0.1) is 0 Å². The Bertz CT molecular complexity index is 318. The predicted octanol–water partition coefficient (Wildman–Crippen LogP) is 3.89. The van der Waals surface area contributed by atoms with Gasteiger partial charge in [-0.05, 0) is 43.9 Å². The number of hydrogen-bond donors (Lipinski definition) is 1. The summed E-state index contributed by atoms with van der Waals surface area (Å²) in [6.07, 6.45) is 1.07. The Hall–Kier alpha value is -0.860. The van der Waals surface area contributed by atoms with E-state index in [4.69, 9.17) is 4.74 Å². The SMILES string of the molecule is CCOCCCNC(C)c1ccc(C(C)C)cc1. The zero-order valence-corrected chi connectivity index (χ0v) is 12.2. The molecule has 0 amide bonds. The Balaban J connectivity index is 2.34. The van der Waals surface area contributed by atoms with Gasteiger partial charge in [-0.1, -0.05) is 38.1 Å². The third kappa shape index (κ3) is 5.19. The van der Waals surface area contributed by atoms with Crippen molar-refractivity contribution in [1.29, 1.82) is 0 Å². The van der Waals surface area contributed by atoms with Crippen molar-refractivity contribution in [2.75, 3.05) is 19.8 Å². The molecule has 102 valence electrons. The lowest BCUT2D eigenvalue weighted by Crippen LogP contribution is -2.21. The fraction of sp³-hybridized carbons (Fsp3) is 0.625. The molecule has 2 heteroatoms. The van der Waals surface area contributed by atoms with Crippen LogP contribution in [0.5, 0.6) is 0 Å². The minimum absolute atomic E-state index is 0.410. The molecule has 1 rings (SSSR count). The van der Waals surface area contributed by atoms with E-state index in [9.17, 15) is 0 Å². The van der Waals surface area contributed by atoms with Gasteiger partial charge in [0.15, 0.2) is 0 Å². The lowest BCUT2D eigenvalue weighted by atomic mass is 9.99. The van der Waals surface area contributed by atoms with Crippen LogP contribution in [0.1, 0.15) is 57.2 Å². The van der Waals surface area contributed by atoms with Crippen molar-refractivity contribution in [3.8, 4) is 0 Å². The monoisotopic (exact) mass is 249 g/mol. The van der Waals surface area contributed by atoms with E-state index in [2.05, 4.69) is 50.4 Å². The molecule has 0 aromatic heterocycles. The Morgan fingerprint density at radius 1 is 1.06 bits per heavy atom. The first-order chi connectivity index (χ1) is 8.65. The van der Waals surface area contributed by atoms with E-state index in [1.54, 1.807) is 0 Å². The van der Waals surface area contributed by atoms with Gasteiger partial charge in [0.25, 0.3) is 0 Å². The Morgan fingerprint density at radius 3 is 2.22 bits per heavy atom. The smallest absolute Gasteiger partial charge is 0.0477 e. The van der Waals surface area contributed by atoms with Gasteiger partial charge in [0.05, 0.1) is 0 Å². The van der Waals surface area contributed by atoms with Crippen LogP contribution < -0.4 is 5.32 Å². The topological polar surface area (TPSA) is 21.3 Å². The highest BCUT2D eigenvalue weighted by molar-refractivity contribution is 5.26. The molecular formula is C16H27NO. The number of rotatable bonds is 8. The molecular weight excluding hydrogens is 222 g/mol. The molecule has 1 unspecified atom stereocenters. The van der Waals surface area contributed by atoms with Crippen LogP contribution >= 0.6 is 0 Å². The molecule has 0 heterocycles. The van der Waals surface area contributed by atoms with Gasteiger partial charge >= 0.3 is 0 Å². The molecule has 0 radical (unpaired) electrons. The largest absolute Gasteiger partial charge is 0.382 e. The molecule has 1 aromatic carbocycles. The average Bonchev–Trinajstić information content (AvgIpc) is 2.38. The maximum absolute atomic E-state index is 5.32. The number of nitrogens with one attached hydrogen (secondary N) is 1. The average molecular weight is 249 g/mol. The highest BCUT2D eigenvalue weighted by Gasteiger charge is 2.05. The molecule has 0 aliphatic carbocycles. The second-order valence-electron chi connectivity index (χ2n) is 5.05. The summed E-state index contributed by atoms with van der Waals surface area (Å²) in [5.74, 6) is 0.605. The van der Waals surface area contributed by atoms with Gasteiger partial charge in [0.2, 0.25) is 0 Å². The van der Waals surface area contributed by atoms with Crippen LogP contribution in [-0.2, 0) is 4.74 Å². The lowest BCUT2D eigenvalue weighted by Gasteiger charge is -2.15. The van der Waals surface area contributed by atoms with Crippen LogP contribution in [0.25, 0.3) is 0 Å². The van der Waals surface area contributed by atoms with Crippen LogP contribution in [0, 0.1) is 0 Å². The third-order valence-corrected chi connectivity index (χ3v) is 3.22. The lowest BCUT2D eigenvalue weighted by molar-refractivity contribution is 0.144. The van der Waals surface area contributed by atoms with Crippen molar-refractivity contribution >= 4 is 0 Å². The summed E-state index contributed by atoms with van der Waals surface area (Å²) in [7, 11) is 0. The van der Waals surface area contributed by atoms with Crippen LogP contribution in [0.4, 0.5) is 0 Å². The zero-order chi connectivity index (χ0) is 13.4. The highest BCUT2D eigenvalue weighted by Crippen LogP contribution is 2.18. The molecule has 0 bridgehead atoms. The summed E-state index contributed by atoms with van der Waals surface area (Å²) in [6.45, 7) is 11.4. The highest BCUT2D eigenvalue weighted by atomic mass is 16.5. The van der Waals surface area contributed by atoms with E-state index < -0.39 is 0 Å². The molecule has 0 fully saturated rings. The van der Waals surface area contributed by atoms with Crippen molar-refractivity contribution < 1.29 is 4.74 Å². The molecule has 0 aliphatic rings. The van der Waals surface area contributed by atoms with Crippen molar-refractivity contribution in [2.45, 2.75) is 46.1 Å². The number of ether oxygens (including phenoxy) is 1. The molecule has 18 heavy (non-hydrogen) atoms. The summed E-state index contributed by atoms with van der Waals surface area (Å²) in [4.78, 5) is 0. The van der Waals surface area contributed by atoms with Crippen LogP contribution in [0.3, 0.4) is 0 Å². The minimum Gasteiger partial charge on any atom is -0.382 e. The van der Waals surface area contributed by atoms with Crippen LogP contribution in [-0.4, -0.2) is 19.8 Å². The summed E-state index contributed by atoms with van der Waals surface area (Å²) in [6, 6.07) is 9.34. The summed E-state index contributed by atoms with van der Waals surface area (Å²) in [5.41, 5.74) is 2.76. The van der Waals surface area contributed by atoms with Gasteiger partial charge in [0.1, 0.15) is 0 Å². The van der Waals surface area contributed by atoms with Crippen molar-refractivity contribution in [2.24, 2.45) is 0 Å². The Morgan fingerprint density at radius 2 is 1.67 bits per heavy atom. The second-order valence-corrected chi connectivity index (χ2v) is 5.05. The van der Waals surface area contributed by atoms with E-state index in [1.165, 1.54) is 11.1 Å². The maximum atomic E-state index is 5.32. The van der Waals surface area contributed by atoms with E-state index >= 15 is 0 Å². The Labute approximate surface area is 112 Å². The van der Waals surface area contributed by atoms with E-state index in [1.807, 2.05) is 6.92 Å². The van der Waals surface area contributed by atoms with Crippen LogP contribution in [0.2, 0.25) is 0 Å². The first-order valence-corrected chi connectivity index (χ1v) is 7.06. The van der Waals surface area contributed by atoms with Gasteiger partial charge in [-0.3, -0.25) is 0 Å².